The van der Waals surface area contributed by atoms with Gasteiger partial charge in [-0.15, -0.1) is 0 Å². The highest BCUT2D eigenvalue weighted by Crippen LogP contribution is 2.95. The fourth-order valence-electron chi connectivity index (χ4n) is 19.1. The molecule has 14 unspecified atom stereocenters. The third-order valence-electron chi connectivity index (χ3n) is 23.9. The van der Waals surface area contributed by atoms with Crippen molar-refractivity contribution in [3.8, 4) is 0 Å². The summed E-state index contributed by atoms with van der Waals surface area (Å²) in [5.74, 6) is -4.17. The number of rotatable bonds is 16. The van der Waals surface area contributed by atoms with Crippen LogP contribution in [0.1, 0.15) is 149 Å². The number of amides is 1. The van der Waals surface area contributed by atoms with E-state index in [4.69, 9.17) is 28.4 Å². The lowest BCUT2D eigenvalue weighted by Crippen LogP contribution is -2.84. The number of unbranched alkanes of at least 4 members (excludes halogenated alkanes) is 3. The summed E-state index contributed by atoms with van der Waals surface area (Å²) in [6.07, 6.45) is -12.3. The summed E-state index contributed by atoms with van der Waals surface area (Å²) in [5, 5.41) is 106. The van der Waals surface area contributed by atoms with Crippen molar-refractivity contribution in [2.45, 2.75) is 242 Å². The van der Waals surface area contributed by atoms with Crippen LogP contribution in [0.4, 0.5) is 0 Å². The third-order valence-corrected chi connectivity index (χ3v) is 24.6. The van der Waals surface area contributed by atoms with Crippen LogP contribution in [-0.2, 0) is 42.8 Å². The van der Waals surface area contributed by atoms with Crippen molar-refractivity contribution in [2.75, 3.05) is 13.2 Å². The molecule has 0 aromatic heterocycles. The lowest BCUT2D eigenvalue weighted by atomic mass is 9.40. The molecule has 1 spiro atoms. The number of esters is 1. The Bertz CT molecular complexity index is 2690. The van der Waals surface area contributed by atoms with Crippen LogP contribution in [0.5, 0.6) is 0 Å². The fraction of sp³-hybridized carbons (Fsp3) is 0.806. The highest BCUT2D eigenvalue weighted by molar-refractivity contribution is 14.1. The molecule has 26 atom stereocenters. The zero-order valence-electron chi connectivity index (χ0n) is 48.7. The molecule has 11 rings (SSSR count). The highest BCUT2D eigenvalue weighted by atomic mass is 127. The number of fused-ring (bicyclic) bond motifs is 7. The quantitative estimate of drug-likeness (QED) is 0.0283. The van der Waals surface area contributed by atoms with E-state index in [1.807, 2.05) is 31.2 Å². The molecule has 1 amide bonds. The highest BCUT2D eigenvalue weighted by Gasteiger charge is 2.91. The molecule has 0 radical (unpaired) electrons. The molecular weight excluding hydrogens is 1190 g/mol. The number of halogens is 1. The van der Waals surface area contributed by atoms with E-state index >= 15 is 4.79 Å². The monoisotopic (exact) mass is 1280 g/mol. The molecule has 4 aliphatic heterocycles. The summed E-state index contributed by atoms with van der Waals surface area (Å²) in [6, 6.07) is 6.17. The largest absolute Gasteiger partial charge is 0.426 e. The number of Topliss-reactive ketones (excluding diaryl/α,β-unsaturated/α-hetero) is 1. The Morgan fingerprint density at radius 1 is 0.795 bits per heavy atom. The second kappa shape index (κ2) is 21.9. The Morgan fingerprint density at radius 3 is 2.18 bits per heavy atom. The average Bonchev–Trinajstić information content (AvgIpc) is 1.44. The number of hydrogen-bond acceptors (Lipinski definition) is 19. The minimum Gasteiger partial charge on any atom is -0.426 e. The molecule has 83 heavy (non-hydrogen) atoms. The van der Waals surface area contributed by atoms with Gasteiger partial charge in [-0.05, 0) is 151 Å². The fourth-order valence-corrected chi connectivity index (χ4v) is 19.4. The number of carbonyl (C=O) groups is 4. The summed E-state index contributed by atoms with van der Waals surface area (Å²) in [7, 11) is 0. The minimum absolute atomic E-state index is 0.0337. The summed E-state index contributed by atoms with van der Waals surface area (Å²) >= 11 is 2.19. The number of carbonyl (C=O) groups excluding carboxylic acids is 4. The van der Waals surface area contributed by atoms with Crippen LogP contribution in [0.15, 0.2) is 35.9 Å². The first kappa shape index (κ1) is 62.0. The molecule has 6 aliphatic carbocycles. The average molecular weight is 1280 g/mol. The first-order valence-electron chi connectivity index (χ1n) is 30.4. The van der Waals surface area contributed by atoms with Gasteiger partial charge < -0.3 is 84.5 Å². The molecule has 462 valence electrons. The normalized spacial score (nSPS) is 50.1. The van der Waals surface area contributed by atoms with Crippen LogP contribution in [0.25, 0.3) is 0 Å². The molecule has 10 aliphatic rings. The van der Waals surface area contributed by atoms with E-state index in [2.05, 4.69) is 68.6 Å². The van der Waals surface area contributed by atoms with E-state index in [1.165, 1.54) is 6.92 Å². The van der Waals surface area contributed by atoms with Crippen molar-refractivity contribution in [3.63, 3.8) is 0 Å². The van der Waals surface area contributed by atoms with Gasteiger partial charge in [-0.1, -0.05) is 78.2 Å². The molecular formula is C62H88INO19. The zero-order valence-corrected chi connectivity index (χ0v) is 50.9. The smallest absolute Gasteiger partial charge is 0.318 e. The number of hydrogen-bond donors (Lipinski definition) is 10. The molecule has 4 saturated heterocycles. The number of ether oxygens (including phenoxy) is 6. The Kier molecular flexibility index (Phi) is 16.3. The minimum atomic E-state index is -2.48. The number of nitrogens with one attached hydrogen (secondary N) is 1. The molecule has 1 aromatic rings. The Labute approximate surface area is 498 Å². The van der Waals surface area contributed by atoms with Crippen LogP contribution >= 0.6 is 22.6 Å². The van der Waals surface area contributed by atoms with E-state index in [1.54, 1.807) is 0 Å². The summed E-state index contributed by atoms with van der Waals surface area (Å²) in [4.78, 5) is 55.3. The van der Waals surface area contributed by atoms with E-state index in [-0.39, 0.29) is 58.5 Å². The predicted molar refractivity (Wildman–Crippen MR) is 302 cm³/mol. The number of aldehydes is 1. The first-order chi connectivity index (χ1) is 39.1. The van der Waals surface area contributed by atoms with Crippen molar-refractivity contribution in [3.05, 3.63) is 45.0 Å². The van der Waals surface area contributed by atoms with Gasteiger partial charge >= 0.3 is 5.97 Å². The Balaban J connectivity index is 0.864. The number of aliphatic hydroxyl groups excluding tert-OH is 9. The SMILES string of the molecule is C[C@H]1O[C@@H](C2(OC(=O)C34CCC(C)(C)CC3C3=CCC56[C@H](C[C@@H]7C5(C)CC[C@H](O)[C@]7(C)C=O)[C@]6(C)[C@]3(C)C[C@@H]4O)OC3C(O)C(NC(=O)CCCCCCC(=O)c4ccc(I)cc4)[C@H](CO)O[C@H]32)C(O)C(O)C1O[C@@H]1OCC(O)C(O)C1O. The molecule has 9 fully saturated rings. The van der Waals surface area contributed by atoms with Crippen LogP contribution in [-0.4, -0.2) is 187 Å². The van der Waals surface area contributed by atoms with Crippen molar-refractivity contribution in [1.29, 1.82) is 0 Å². The molecule has 20 nitrogen and oxygen atoms in total. The number of ketones is 1. The second-order valence-corrected chi connectivity index (χ2v) is 29.6. The van der Waals surface area contributed by atoms with E-state index in [9.17, 15) is 60.3 Å². The maximum Gasteiger partial charge on any atom is 0.318 e. The van der Waals surface area contributed by atoms with E-state index < -0.39 is 151 Å². The van der Waals surface area contributed by atoms with Crippen LogP contribution in [0.3, 0.4) is 0 Å². The van der Waals surface area contributed by atoms with Gasteiger partial charge in [0.1, 0.15) is 66.6 Å². The van der Waals surface area contributed by atoms with E-state index in [0.29, 0.717) is 63.4 Å². The molecule has 4 heterocycles. The maximum atomic E-state index is 16.1. The predicted octanol–water partition coefficient (Wildman–Crippen LogP) is 3.31. The van der Waals surface area contributed by atoms with Gasteiger partial charge in [-0.2, -0.15) is 0 Å². The van der Waals surface area contributed by atoms with Crippen molar-refractivity contribution in [2.24, 2.45) is 55.7 Å². The standard InChI is InChI=1S/C62H88INO19/c1-30-49(81-53-48(76)44(72)36(68)28-78-53)46(74)47(75)51(79-30)62(52-50(82-62)45(73)43(37(27-65)80-52)64-42(71)13-11-9-8-10-12-35(67)31-14-16-32(63)17-15-31)83-54(77)60-23-22-55(2,3)25-34(60)33-18-21-61-39(59(61,7)58(33,6)26-41(60)70)24-38-56(4,29-66)40(69)19-20-57(38,61)5/h14-18,29-30,34,36-41,43-53,65,68-70,72-76H,8-13,19-28H2,1-7H3,(H,64,71)/t30-,34?,36?,37+,38+,39-,40+,41+,43?,44?,45?,46?,47?,48?,49?,50?,51-,52-,53+,56-,57?,58-,59-,60?,61?,62?/m1/s1. The second-order valence-electron chi connectivity index (χ2n) is 28.3. The number of allylic oxidation sites excluding steroid dienone is 2. The van der Waals surface area contributed by atoms with Gasteiger partial charge in [0.15, 0.2) is 24.3 Å². The summed E-state index contributed by atoms with van der Waals surface area (Å²) in [6.45, 7) is 13.4. The molecule has 1 aromatic carbocycles. The van der Waals surface area contributed by atoms with Gasteiger partial charge in [0.25, 0.3) is 5.79 Å². The van der Waals surface area contributed by atoms with E-state index in [0.717, 1.165) is 28.3 Å². The van der Waals surface area contributed by atoms with Crippen molar-refractivity contribution >= 4 is 46.5 Å². The van der Waals surface area contributed by atoms with Crippen LogP contribution < -0.4 is 5.32 Å². The Hall–Kier alpha value is -2.59. The first-order valence-corrected chi connectivity index (χ1v) is 31.4. The summed E-state index contributed by atoms with van der Waals surface area (Å²) in [5.41, 5.74) is -2.54. The van der Waals surface area contributed by atoms with Crippen LogP contribution in [0, 0.1) is 59.2 Å². The molecule has 0 bridgehead atoms. The zero-order chi connectivity index (χ0) is 59.9. The maximum absolute atomic E-state index is 16.1. The molecule has 21 heteroatoms. The van der Waals surface area contributed by atoms with Crippen molar-refractivity contribution < 1.29 is 93.6 Å². The van der Waals surface area contributed by atoms with Gasteiger partial charge in [0.2, 0.25) is 5.91 Å². The summed E-state index contributed by atoms with van der Waals surface area (Å²) < 4.78 is 38.9. The van der Waals surface area contributed by atoms with Gasteiger partial charge in [0, 0.05) is 22.0 Å². The molecule has 10 N–H and O–H groups in total. The Morgan fingerprint density at radius 2 is 1.49 bits per heavy atom. The lowest BCUT2D eigenvalue weighted by molar-refractivity contribution is -0.472. The topological polar surface area (TPSA) is 318 Å². The van der Waals surface area contributed by atoms with Gasteiger partial charge in [-0.3, -0.25) is 14.4 Å². The van der Waals surface area contributed by atoms with Crippen LogP contribution in [0.2, 0.25) is 0 Å². The molecule has 5 saturated carbocycles. The third kappa shape index (κ3) is 9.12. The van der Waals surface area contributed by atoms with Gasteiger partial charge in [-0.25, -0.2) is 0 Å². The van der Waals surface area contributed by atoms with Crippen molar-refractivity contribution in [1.82, 2.24) is 5.32 Å². The lowest BCUT2D eigenvalue weighted by Gasteiger charge is -2.65. The number of aliphatic hydroxyl groups is 9. The number of benzene rings is 1. The van der Waals surface area contributed by atoms with Gasteiger partial charge in [0.05, 0.1) is 43.0 Å².